The van der Waals surface area contributed by atoms with Gasteiger partial charge in [-0.05, 0) is 13.0 Å². The topological polar surface area (TPSA) is 69.9 Å². The molecule has 0 unspecified atom stereocenters. The number of carboxylic acid groups (broad SMARTS) is 1. The van der Waals surface area contributed by atoms with Gasteiger partial charge in [0.05, 0.1) is 0 Å². The average molecular weight is 129 g/mol. The molecule has 0 aliphatic carbocycles. The summed E-state index contributed by atoms with van der Waals surface area (Å²) in [6, 6.07) is 0. The van der Waals surface area contributed by atoms with Crippen molar-refractivity contribution < 1.29 is 15.1 Å². The summed E-state index contributed by atoms with van der Waals surface area (Å²) in [7, 11) is 0. The molecule has 9 heavy (non-hydrogen) atoms. The van der Waals surface area contributed by atoms with Crippen LogP contribution in [0.2, 0.25) is 0 Å². The van der Waals surface area contributed by atoms with E-state index in [0.29, 0.717) is 0 Å². The van der Waals surface area contributed by atoms with E-state index < -0.39 is 5.97 Å². The number of oxime groups is 1. The molecule has 0 aromatic carbocycles. The number of carboxylic acids is 1. The van der Waals surface area contributed by atoms with Gasteiger partial charge in [-0.1, -0.05) is 11.2 Å². The summed E-state index contributed by atoms with van der Waals surface area (Å²) in [5.74, 6) is -1.24. The van der Waals surface area contributed by atoms with Gasteiger partial charge in [0, 0.05) is 0 Å². The van der Waals surface area contributed by atoms with Crippen LogP contribution < -0.4 is 0 Å². The number of nitrogens with zero attached hydrogens (tertiary/aromatic N) is 1. The molecular formula is C5H7NO3. The van der Waals surface area contributed by atoms with E-state index in [1.165, 1.54) is 12.2 Å². The molecular weight excluding hydrogens is 122 g/mol. The van der Waals surface area contributed by atoms with Crippen LogP contribution in [0.3, 0.4) is 0 Å². The first-order valence-corrected chi connectivity index (χ1v) is 2.30. The first kappa shape index (κ1) is 7.68. The summed E-state index contributed by atoms with van der Waals surface area (Å²) in [5.41, 5.74) is -0.363. The lowest BCUT2D eigenvalue weighted by Gasteiger charge is -1.85. The Kier molecular flexibility index (Phi) is 3.12. The Bertz CT molecular complexity index is 160. The highest BCUT2D eigenvalue weighted by atomic mass is 16.4. The maximum Gasteiger partial charge on any atom is 0.357 e. The Morgan fingerprint density at radius 3 is 2.33 bits per heavy atom. The van der Waals surface area contributed by atoms with Crippen LogP contribution in [-0.2, 0) is 4.79 Å². The summed E-state index contributed by atoms with van der Waals surface area (Å²) in [6.45, 7) is 1.63. The van der Waals surface area contributed by atoms with E-state index in [4.69, 9.17) is 10.3 Å². The smallest absolute Gasteiger partial charge is 0.357 e. The molecule has 0 amide bonds. The SMILES string of the molecule is C/C=C/C(=N\O)C(=O)O. The average Bonchev–Trinajstić information content (AvgIpc) is 1.82. The number of rotatable bonds is 2. The first-order valence-electron chi connectivity index (χ1n) is 2.30. The quantitative estimate of drug-likeness (QED) is 0.323. The van der Waals surface area contributed by atoms with Crippen LogP contribution in [0.25, 0.3) is 0 Å². The van der Waals surface area contributed by atoms with Gasteiger partial charge < -0.3 is 10.3 Å². The molecule has 0 heterocycles. The molecule has 0 saturated heterocycles. The molecule has 50 valence electrons. The molecule has 4 heteroatoms. The fourth-order valence-electron chi connectivity index (χ4n) is 0.305. The second-order valence-electron chi connectivity index (χ2n) is 1.29. The van der Waals surface area contributed by atoms with Crippen molar-refractivity contribution in [2.75, 3.05) is 0 Å². The maximum atomic E-state index is 9.98. The van der Waals surface area contributed by atoms with Crippen molar-refractivity contribution in [1.82, 2.24) is 0 Å². The van der Waals surface area contributed by atoms with E-state index in [1.54, 1.807) is 6.92 Å². The molecule has 0 rings (SSSR count). The number of hydrogen-bond acceptors (Lipinski definition) is 3. The summed E-state index contributed by atoms with van der Waals surface area (Å²) in [6.07, 6.45) is 2.67. The van der Waals surface area contributed by atoms with Gasteiger partial charge in [-0.15, -0.1) is 0 Å². The highest BCUT2D eigenvalue weighted by Gasteiger charge is 2.02. The fraction of sp³-hybridized carbons (Fsp3) is 0.200. The van der Waals surface area contributed by atoms with Gasteiger partial charge in [0.15, 0.2) is 5.71 Å². The van der Waals surface area contributed by atoms with E-state index in [1.807, 2.05) is 0 Å². The zero-order valence-electron chi connectivity index (χ0n) is 4.90. The minimum Gasteiger partial charge on any atom is -0.476 e. The highest BCUT2D eigenvalue weighted by molar-refractivity contribution is 6.40. The van der Waals surface area contributed by atoms with Crippen LogP contribution in [0, 0.1) is 0 Å². The second-order valence-corrected chi connectivity index (χ2v) is 1.29. The van der Waals surface area contributed by atoms with Gasteiger partial charge >= 0.3 is 5.97 Å². The molecule has 0 aliphatic rings. The van der Waals surface area contributed by atoms with Gasteiger partial charge in [-0.25, -0.2) is 4.79 Å². The van der Waals surface area contributed by atoms with Gasteiger partial charge in [-0.3, -0.25) is 0 Å². The summed E-state index contributed by atoms with van der Waals surface area (Å²) in [4.78, 5) is 9.98. The van der Waals surface area contributed by atoms with Crippen LogP contribution >= 0.6 is 0 Å². The predicted molar refractivity (Wildman–Crippen MR) is 31.7 cm³/mol. The molecule has 0 aromatic rings. The Hall–Kier alpha value is -1.32. The predicted octanol–water partition coefficient (Wildman–Crippen LogP) is 0.477. The zero-order chi connectivity index (χ0) is 7.28. The van der Waals surface area contributed by atoms with E-state index in [9.17, 15) is 4.79 Å². The number of hydrogen-bond donors (Lipinski definition) is 2. The van der Waals surface area contributed by atoms with Crippen LogP contribution in [0.4, 0.5) is 0 Å². The van der Waals surface area contributed by atoms with Crippen molar-refractivity contribution in [2.24, 2.45) is 5.16 Å². The van der Waals surface area contributed by atoms with Crippen LogP contribution in [0.5, 0.6) is 0 Å². The normalized spacial score (nSPS) is 12.3. The minimum absolute atomic E-state index is 0.363. The maximum absolute atomic E-state index is 9.98. The van der Waals surface area contributed by atoms with Crippen molar-refractivity contribution in [3.8, 4) is 0 Å². The van der Waals surface area contributed by atoms with Crippen molar-refractivity contribution in [2.45, 2.75) is 6.92 Å². The Balaban J connectivity index is 4.19. The van der Waals surface area contributed by atoms with E-state index in [-0.39, 0.29) is 5.71 Å². The van der Waals surface area contributed by atoms with Crippen molar-refractivity contribution in [1.29, 1.82) is 0 Å². The molecule has 0 atom stereocenters. The summed E-state index contributed by atoms with van der Waals surface area (Å²) in [5, 5.41) is 18.7. The Morgan fingerprint density at radius 1 is 1.67 bits per heavy atom. The molecule has 0 spiro atoms. The summed E-state index contributed by atoms with van der Waals surface area (Å²) < 4.78 is 0. The fourth-order valence-corrected chi connectivity index (χ4v) is 0.305. The van der Waals surface area contributed by atoms with E-state index in [2.05, 4.69) is 5.16 Å². The molecule has 0 bridgehead atoms. The second kappa shape index (κ2) is 3.65. The molecule has 0 aliphatic heterocycles. The highest BCUT2D eigenvalue weighted by Crippen LogP contribution is 1.79. The van der Waals surface area contributed by atoms with Crippen molar-refractivity contribution in [3.05, 3.63) is 12.2 Å². The number of aliphatic carboxylic acids is 1. The molecule has 0 saturated carbocycles. The number of allylic oxidation sites excluding steroid dienone is 1. The third-order valence-corrected chi connectivity index (χ3v) is 0.651. The van der Waals surface area contributed by atoms with Gasteiger partial charge in [-0.2, -0.15) is 0 Å². The Morgan fingerprint density at radius 2 is 2.22 bits per heavy atom. The summed E-state index contributed by atoms with van der Waals surface area (Å²) >= 11 is 0. The van der Waals surface area contributed by atoms with Crippen LogP contribution in [0.1, 0.15) is 6.92 Å². The van der Waals surface area contributed by atoms with Crippen molar-refractivity contribution in [3.63, 3.8) is 0 Å². The molecule has 0 aromatic heterocycles. The lowest BCUT2D eigenvalue weighted by Crippen LogP contribution is -2.09. The van der Waals surface area contributed by atoms with Crippen molar-refractivity contribution >= 4 is 11.7 Å². The van der Waals surface area contributed by atoms with E-state index in [0.717, 1.165) is 0 Å². The van der Waals surface area contributed by atoms with Gasteiger partial charge in [0.25, 0.3) is 0 Å². The van der Waals surface area contributed by atoms with Gasteiger partial charge in [0.1, 0.15) is 0 Å². The molecule has 0 fully saturated rings. The molecule has 0 radical (unpaired) electrons. The van der Waals surface area contributed by atoms with E-state index >= 15 is 0 Å². The Labute approximate surface area is 52.1 Å². The first-order chi connectivity index (χ1) is 4.22. The molecule has 4 nitrogen and oxygen atoms in total. The van der Waals surface area contributed by atoms with Crippen LogP contribution in [0.15, 0.2) is 17.3 Å². The third-order valence-electron chi connectivity index (χ3n) is 0.651. The largest absolute Gasteiger partial charge is 0.476 e. The van der Waals surface area contributed by atoms with Gasteiger partial charge in [0.2, 0.25) is 0 Å². The molecule has 2 N–H and O–H groups in total. The minimum atomic E-state index is -1.24. The van der Waals surface area contributed by atoms with Crippen LogP contribution in [-0.4, -0.2) is 22.0 Å². The third kappa shape index (κ3) is 2.48. The monoisotopic (exact) mass is 129 g/mol. The number of carbonyl (C=O) groups is 1. The lowest BCUT2D eigenvalue weighted by molar-refractivity contribution is -0.129. The zero-order valence-corrected chi connectivity index (χ0v) is 4.90. The lowest BCUT2D eigenvalue weighted by atomic mass is 10.3. The standard InChI is InChI=1S/C5H7NO3/c1-2-3-4(6-9)5(7)8/h2-3,9H,1H3,(H,7,8)/b3-2+,6-4+.